The topological polar surface area (TPSA) is 43.7 Å². The minimum atomic E-state index is 0.189. The molecule has 3 nitrogen and oxygen atoms in total. The Morgan fingerprint density at radius 3 is 1.90 bits per heavy atom. The van der Waals surface area contributed by atoms with E-state index in [1.165, 1.54) is 57.8 Å². The van der Waals surface area contributed by atoms with E-state index in [0.717, 1.165) is 12.5 Å². The summed E-state index contributed by atoms with van der Waals surface area (Å²) < 4.78 is 0. The maximum atomic E-state index is 9.01. The van der Waals surface area contributed by atoms with E-state index in [1.807, 2.05) is 0 Å². The molecule has 3 heteroatoms. The summed E-state index contributed by atoms with van der Waals surface area (Å²) in [6.07, 6.45) is 12.0. The third-order valence-corrected chi connectivity index (χ3v) is 4.23. The van der Waals surface area contributed by atoms with E-state index >= 15 is 0 Å². The fraction of sp³-hybridized carbons (Fsp3) is 1.00. The molecule has 0 spiro atoms. The van der Waals surface area contributed by atoms with Crippen LogP contribution >= 0.6 is 0 Å². The fourth-order valence-corrected chi connectivity index (χ4v) is 2.75. The van der Waals surface area contributed by atoms with E-state index in [4.69, 9.17) is 10.2 Å². The quantitative estimate of drug-likeness (QED) is 0.453. The van der Waals surface area contributed by atoms with Gasteiger partial charge in [0.1, 0.15) is 0 Å². The van der Waals surface area contributed by atoms with Gasteiger partial charge < -0.3 is 10.2 Å². The summed E-state index contributed by atoms with van der Waals surface area (Å²) in [6, 6.07) is 0. The van der Waals surface area contributed by atoms with Crippen molar-refractivity contribution in [1.29, 1.82) is 0 Å². The van der Waals surface area contributed by atoms with Crippen molar-refractivity contribution in [3.8, 4) is 0 Å². The van der Waals surface area contributed by atoms with Crippen LogP contribution < -0.4 is 0 Å². The molecule has 0 aromatic carbocycles. The van der Waals surface area contributed by atoms with Crippen LogP contribution in [0.25, 0.3) is 0 Å². The molecular formula is C17H37NO2. The predicted molar refractivity (Wildman–Crippen MR) is 87.0 cm³/mol. The second-order valence-electron chi connectivity index (χ2n) is 5.91. The van der Waals surface area contributed by atoms with Gasteiger partial charge in [-0.3, -0.25) is 4.90 Å². The SMILES string of the molecule is CCCCCCCCC(CC)CCN(CCO)CCO. The lowest BCUT2D eigenvalue weighted by Crippen LogP contribution is -2.31. The highest BCUT2D eigenvalue weighted by atomic mass is 16.3. The van der Waals surface area contributed by atoms with Crippen molar-refractivity contribution in [3.05, 3.63) is 0 Å². The first-order valence-electron chi connectivity index (χ1n) is 8.72. The Labute approximate surface area is 126 Å². The number of nitrogens with zero attached hydrogens (tertiary/aromatic N) is 1. The maximum absolute atomic E-state index is 9.01. The van der Waals surface area contributed by atoms with Crippen molar-refractivity contribution >= 4 is 0 Å². The Hall–Kier alpha value is -0.120. The lowest BCUT2D eigenvalue weighted by molar-refractivity contribution is 0.152. The Balaban J connectivity index is 3.67. The smallest absolute Gasteiger partial charge is 0.0558 e. The summed E-state index contributed by atoms with van der Waals surface area (Å²) in [5.41, 5.74) is 0. The summed E-state index contributed by atoms with van der Waals surface area (Å²) in [4.78, 5) is 2.17. The average Bonchev–Trinajstić information content (AvgIpc) is 2.46. The van der Waals surface area contributed by atoms with Gasteiger partial charge in [0.15, 0.2) is 0 Å². The molecule has 0 amide bonds. The minimum absolute atomic E-state index is 0.189. The zero-order valence-electron chi connectivity index (χ0n) is 13.8. The third-order valence-electron chi connectivity index (χ3n) is 4.23. The molecule has 0 fully saturated rings. The van der Waals surface area contributed by atoms with E-state index < -0.39 is 0 Å². The van der Waals surface area contributed by atoms with Crippen LogP contribution in [0, 0.1) is 5.92 Å². The molecule has 1 atom stereocenters. The summed E-state index contributed by atoms with van der Waals surface area (Å²) >= 11 is 0. The lowest BCUT2D eigenvalue weighted by Gasteiger charge is -2.23. The highest BCUT2D eigenvalue weighted by Gasteiger charge is 2.09. The number of hydrogen-bond acceptors (Lipinski definition) is 3. The van der Waals surface area contributed by atoms with Crippen LogP contribution in [0.3, 0.4) is 0 Å². The average molecular weight is 287 g/mol. The zero-order valence-corrected chi connectivity index (χ0v) is 13.8. The van der Waals surface area contributed by atoms with E-state index in [9.17, 15) is 0 Å². The van der Waals surface area contributed by atoms with Crippen LogP contribution in [0.5, 0.6) is 0 Å². The van der Waals surface area contributed by atoms with Gasteiger partial charge in [0, 0.05) is 13.1 Å². The largest absolute Gasteiger partial charge is 0.395 e. The lowest BCUT2D eigenvalue weighted by atomic mass is 9.94. The van der Waals surface area contributed by atoms with Gasteiger partial charge in [-0.05, 0) is 18.9 Å². The Morgan fingerprint density at radius 1 is 0.750 bits per heavy atom. The maximum Gasteiger partial charge on any atom is 0.0558 e. The molecule has 0 heterocycles. The van der Waals surface area contributed by atoms with Crippen molar-refractivity contribution in [2.75, 3.05) is 32.8 Å². The Bertz CT molecular complexity index is 182. The van der Waals surface area contributed by atoms with Gasteiger partial charge in [0.2, 0.25) is 0 Å². The second-order valence-corrected chi connectivity index (χ2v) is 5.91. The summed E-state index contributed by atoms with van der Waals surface area (Å²) in [5.74, 6) is 0.807. The predicted octanol–water partition coefficient (Wildman–Crippen LogP) is 3.44. The first-order valence-corrected chi connectivity index (χ1v) is 8.72. The number of unbranched alkanes of at least 4 members (excludes halogenated alkanes) is 5. The van der Waals surface area contributed by atoms with Crippen LogP contribution in [0.15, 0.2) is 0 Å². The van der Waals surface area contributed by atoms with Crippen LogP contribution in [0.4, 0.5) is 0 Å². The van der Waals surface area contributed by atoms with Gasteiger partial charge in [-0.2, -0.15) is 0 Å². The third kappa shape index (κ3) is 11.7. The number of hydrogen-bond donors (Lipinski definition) is 2. The number of aliphatic hydroxyl groups excluding tert-OH is 2. The van der Waals surface area contributed by atoms with Gasteiger partial charge in [-0.15, -0.1) is 0 Å². The molecule has 0 aromatic heterocycles. The first-order chi connectivity index (χ1) is 9.78. The van der Waals surface area contributed by atoms with E-state index in [-0.39, 0.29) is 13.2 Å². The molecule has 0 radical (unpaired) electrons. The van der Waals surface area contributed by atoms with Crippen LogP contribution in [-0.4, -0.2) is 48.0 Å². The van der Waals surface area contributed by atoms with Crippen LogP contribution in [0.1, 0.15) is 71.6 Å². The Morgan fingerprint density at radius 2 is 1.35 bits per heavy atom. The van der Waals surface area contributed by atoms with Crippen LogP contribution in [0.2, 0.25) is 0 Å². The summed E-state index contributed by atoms with van der Waals surface area (Å²) in [7, 11) is 0. The van der Waals surface area contributed by atoms with E-state index in [1.54, 1.807) is 0 Å². The highest BCUT2D eigenvalue weighted by Crippen LogP contribution is 2.18. The van der Waals surface area contributed by atoms with Crippen molar-refractivity contribution in [2.24, 2.45) is 5.92 Å². The first kappa shape index (κ1) is 19.9. The highest BCUT2D eigenvalue weighted by molar-refractivity contribution is 4.63. The molecule has 0 bridgehead atoms. The normalized spacial score (nSPS) is 13.1. The molecule has 1 unspecified atom stereocenters. The molecule has 122 valence electrons. The fourth-order valence-electron chi connectivity index (χ4n) is 2.75. The number of rotatable bonds is 15. The molecule has 0 saturated heterocycles. The van der Waals surface area contributed by atoms with Crippen molar-refractivity contribution < 1.29 is 10.2 Å². The molecule has 0 aliphatic rings. The van der Waals surface area contributed by atoms with Gasteiger partial charge in [0.05, 0.1) is 13.2 Å². The molecule has 0 rings (SSSR count). The molecule has 2 N–H and O–H groups in total. The Kier molecular flexibility index (Phi) is 15.2. The van der Waals surface area contributed by atoms with Gasteiger partial charge in [0.25, 0.3) is 0 Å². The molecule has 0 saturated carbocycles. The van der Waals surface area contributed by atoms with E-state index in [2.05, 4.69) is 18.7 Å². The summed E-state index contributed by atoms with van der Waals surface area (Å²) in [6.45, 7) is 7.31. The molecule has 0 aromatic rings. The zero-order chi connectivity index (χ0) is 15.1. The van der Waals surface area contributed by atoms with E-state index in [0.29, 0.717) is 13.1 Å². The minimum Gasteiger partial charge on any atom is -0.395 e. The van der Waals surface area contributed by atoms with Crippen LogP contribution in [-0.2, 0) is 0 Å². The monoisotopic (exact) mass is 287 g/mol. The molecule has 0 aliphatic carbocycles. The van der Waals surface area contributed by atoms with Gasteiger partial charge in [-0.1, -0.05) is 65.2 Å². The van der Waals surface area contributed by atoms with Crippen molar-refractivity contribution in [3.63, 3.8) is 0 Å². The van der Waals surface area contributed by atoms with Crippen molar-refractivity contribution in [2.45, 2.75) is 71.6 Å². The summed E-state index contributed by atoms with van der Waals surface area (Å²) in [5, 5.41) is 18.0. The second kappa shape index (κ2) is 15.3. The van der Waals surface area contributed by atoms with Crippen molar-refractivity contribution in [1.82, 2.24) is 4.90 Å². The van der Waals surface area contributed by atoms with Gasteiger partial charge in [-0.25, -0.2) is 0 Å². The van der Waals surface area contributed by atoms with Gasteiger partial charge >= 0.3 is 0 Å². The molecule has 0 aliphatic heterocycles. The molecular weight excluding hydrogens is 250 g/mol. The number of aliphatic hydroxyl groups is 2. The molecule has 20 heavy (non-hydrogen) atoms. The standard InChI is InChI=1S/C17H37NO2/c1-3-5-6-7-8-9-10-17(4-2)11-12-18(13-15-19)14-16-20/h17,19-20H,3-16H2,1-2H3.